The molecule has 3 aromatic heterocycles. The first-order valence-electron chi connectivity index (χ1n) is 8.40. The lowest BCUT2D eigenvalue weighted by Gasteiger charge is -2.10. The summed E-state index contributed by atoms with van der Waals surface area (Å²) in [7, 11) is 1.95. The molecule has 0 aliphatic heterocycles. The predicted octanol–water partition coefficient (Wildman–Crippen LogP) is 1.33. The molecule has 0 atom stereocenters. The maximum atomic E-state index is 4.68. The molecule has 8 heteroatoms. The normalized spacial score (nSPS) is 11.9. The van der Waals surface area contributed by atoms with Crippen LogP contribution < -0.4 is 10.6 Å². The Morgan fingerprint density at radius 2 is 2.04 bits per heavy atom. The SMILES string of the molecule is CCNC(=NCc1c(C)nn(C)c1C)NCc1nnc2ccccn12. The number of hydrogen-bond acceptors (Lipinski definition) is 4. The van der Waals surface area contributed by atoms with Gasteiger partial charge in [-0.2, -0.15) is 5.10 Å². The van der Waals surface area contributed by atoms with E-state index in [0.29, 0.717) is 13.1 Å². The lowest BCUT2D eigenvalue weighted by molar-refractivity contribution is 0.729. The number of aliphatic imine (C=N–C) groups is 1. The van der Waals surface area contributed by atoms with Gasteiger partial charge in [-0.05, 0) is 32.9 Å². The molecule has 0 fully saturated rings. The van der Waals surface area contributed by atoms with Crippen LogP contribution in [0.25, 0.3) is 5.65 Å². The van der Waals surface area contributed by atoms with Gasteiger partial charge in [0.15, 0.2) is 17.4 Å². The minimum absolute atomic E-state index is 0.544. The van der Waals surface area contributed by atoms with E-state index >= 15 is 0 Å². The summed E-state index contributed by atoms with van der Waals surface area (Å²) in [5, 5.41) is 19.4. The number of aryl methyl sites for hydroxylation is 2. The van der Waals surface area contributed by atoms with Crippen molar-refractivity contribution < 1.29 is 0 Å². The van der Waals surface area contributed by atoms with E-state index in [2.05, 4.69) is 37.8 Å². The first-order chi connectivity index (χ1) is 12.1. The van der Waals surface area contributed by atoms with Crippen LogP contribution in [0.3, 0.4) is 0 Å². The van der Waals surface area contributed by atoms with Crippen molar-refractivity contribution in [2.75, 3.05) is 6.54 Å². The fourth-order valence-electron chi connectivity index (χ4n) is 2.72. The van der Waals surface area contributed by atoms with Crippen LogP contribution in [0.1, 0.15) is 29.7 Å². The summed E-state index contributed by atoms with van der Waals surface area (Å²) in [5.41, 5.74) is 4.15. The van der Waals surface area contributed by atoms with Gasteiger partial charge in [0.05, 0.1) is 18.8 Å². The smallest absolute Gasteiger partial charge is 0.191 e. The second kappa shape index (κ2) is 7.33. The molecule has 132 valence electrons. The molecule has 8 nitrogen and oxygen atoms in total. The van der Waals surface area contributed by atoms with Crippen molar-refractivity contribution in [3.63, 3.8) is 0 Å². The number of nitrogens with zero attached hydrogens (tertiary/aromatic N) is 6. The number of rotatable bonds is 5. The third-order valence-electron chi connectivity index (χ3n) is 4.20. The minimum atomic E-state index is 0.544. The molecule has 0 spiro atoms. The minimum Gasteiger partial charge on any atom is -0.357 e. The second-order valence-electron chi connectivity index (χ2n) is 5.87. The van der Waals surface area contributed by atoms with Crippen molar-refractivity contribution in [3.05, 3.63) is 47.2 Å². The fourth-order valence-corrected chi connectivity index (χ4v) is 2.72. The Morgan fingerprint density at radius 3 is 2.76 bits per heavy atom. The molecule has 0 aromatic carbocycles. The number of nitrogens with one attached hydrogen (secondary N) is 2. The average molecular weight is 340 g/mol. The summed E-state index contributed by atoms with van der Waals surface area (Å²) in [6.45, 7) is 8.04. The third-order valence-corrected chi connectivity index (χ3v) is 4.20. The van der Waals surface area contributed by atoms with Crippen molar-refractivity contribution in [2.45, 2.75) is 33.9 Å². The van der Waals surface area contributed by atoms with E-state index in [9.17, 15) is 0 Å². The van der Waals surface area contributed by atoms with Gasteiger partial charge in [0.2, 0.25) is 0 Å². The van der Waals surface area contributed by atoms with E-state index < -0.39 is 0 Å². The van der Waals surface area contributed by atoms with Crippen LogP contribution in [-0.4, -0.2) is 36.9 Å². The molecule has 0 aliphatic rings. The molecule has 0 unspecified atom stereocenters. The topological polar surface area (TPSA) is 84.4 Å². The summed E-state index contributed by atoms with van der Waals surface area (Å²) in [6.07, 6.45) is 1.96. The van der Waals surface area contributed by atoms with Crippen LogP contribution in [0.5, 0.6) is 0 Å². The van der Waals surface area contributed by atoms with Crippen LogP contribution in [0.4, 0.5) is 0 Å². The Labute approximate surface area is 147 Å². The number of pyridine rings is 1. The molecule has 0 saturated heterocycles. The van der Waals surface area contributed by atoms with Gasteiger partial charge in [0, 0.05) is 31.0 Å². The van der Waals surface area contributed by atoms with Gasteiger partial charge < -0.3 is 10.6 Å². The van der Waals surface area contributed by atoms with Crippen molar-refractivity contribution >= 4 is 11.6 Å². The summed E-state index contributed by atoms with van der Waals surface area (Å²) in [6, 6.07) is 5.85. The Hall–Kier alpha value is -2.90. The molecule has 0 saturated carbocycles. The van der Waals surface area contributed by atoms with Crippen LogP contribution in [-0.2, 0) is 20.1 Å². The van der Waals surface area contributed by atoms with E-state index in [1.807, 2.05) is 54.4 Å². The molecule has 0 amide bonds. The van der Waals surface area contributed by atoms with Crippen molar-refractivity contribution in [3.8, 4) is 0 Å². The Balaban J connectivity index is 1.72. The number of guanidine groups is 1. The highest BCUT2D eigenvalue weighted by Gasteiger charge is 2.10. The summed E-state index contributed by atoms with van der Waals surface area (Å²) >= 11 is 0. The van der Waals surface area contributed by atoms with E-state index in [4.69, 9.17) is 0 Å². The fraction of sp³-hybridized carbons (Fsp3) is 0.412. The molecular weight excluding hydrogens is 316 g/mol. The lowest BCUT2D eigenvalue weighted by atomic mass is 10.2. The zero-order valence-corrected chi connectivity index (χ0v) is 15.1. The zero-order valence-electron chi connectivity index (χ0n) is 15.1. The standard InChI is InChI=1S/C17H24N8/c1-5-18-17(19-10-14-12(2)23-24(4)13(14)3)20-11-16-22-21-15-8-6-7-9-25(15)16/h6-9H,5,10-11H2,1-4H3,(H2,18,19,20). The maximum Gasteiger partial charge on any atom is 0.191 e. The Morgan fingerprint density at radius 1 is 1.20 bits per heavy atom. The second-order valence-corrected chi connectivity index (χ2v) is 5.87. The van der Waals surface area contributed by atoms with Gasteiger partial charge >= 0.3 is 0 Å². The van der Waals surface area contributed by atoms with Crippen molar-refractivity contribution in [2.24, 2.45) is 12.0 Å². The Kier molecular flexibility index (Phi) is 4.97. The van der Waals surface area contributed by atoms with Gasteiger partial charge in [0.1, 0.15) is 0 Å². The number of fused-ring (bicyclic) bond motifs is 1. The Bertz CT molecular complexity index is 889. The van der Waals surface area contributed by atoms with E-state index in [0.717, 1.165) is 40.9 Å². The molecule has 3 rings (SSSR count). The van der Waals surface area contributed by atoms with Crippen LogP contribution in [0.2, 0.25) is 0 Å². The molecule has 2 N–H and O–H groups in total. The van der Waals surface area contributed by atoms with Gasteiger partial charge in [-0.3, -0.25) is 9.08 Å². The zero-order chi connectivity index (χ0) is 17.8. The van der Waals surface area contributed by atoms with E-state index in [1.54, 1.807) is 0 Å². The van der Waals surface area contributed by atoms with Gasteiger partial charge in [-0.15, -0.1) is 10.2 Å². The summed E-state index contributed by atoms with van der Waals surface area (Å²) in [5.74, 6) is 1.59. The molecule has 3 aromatic rings. The highest BCUT2D eigenvalue weighted by Crippen LogP contribution is 2.12. The molecule has 25 heavy (non-hydrogen) atoms. The highest BCUT2D eigenvalue weighted by atomic mass is 15.3. The highest BCUT2D eigenvalue weighted by molar-refractivity contribution is 5.79. The lowest BCUT2D eigenvalue weighted by Crippen LogP contribution is -2.37. The molecule has 0 bridgehead atoms. The van der Waals surface area contributed by atoms with Crippen LogP contribution >= 0.6 is 0 Å². The molecule has 0 radical (unpaired) electrons. The summed E-state index contributed by atoms with van der Waals surface area (Å²) in [4.78, 5) is 4.68. The molecular formula is C17H24N8. The third kappa shape index (κ3) is 3.62. The monoisotopic (exact) mass is 340 g/mol. The van der Waals surface area contributed by atoms with E-state index in [1.165, 1.54) is 0 Å². The van der Waals surface area contributed by atoms with E-state index in [-0.39, 0.29) is 0 Å². The quantitative estimate of drug-likeness (QED) is 0.541. The number of aromatic nitrogens is 5. The van der Waals surface area contributed by atoms with Gasteiger partial charge in [0.25, 0.3) is 0 Å². The molecule has 3 heterocycles. The average Bonchev–Trinajstić information content (AvgIpc) is 3.12. The largest absolute Gasteiger partial charge is 0.357 e. The maximum absolute atomic E-state index is 4.68. The van der Waals surface area contributed by atoms with Gasteiger partial charge in [-0.25, -0.2) is 4.99 Å². The number of hydrogen-bond donors (Lipinski definition) is 2. The van der Waals surface area contributed by atoms with Crippen molar-refractivity contribution in [1.82, 2.24) is 35.0 Å². The summed E-state index contributed by atoms with van der Waals surface area (Å²) < 4.78 is 3.86. The van der Waals surface area contributed by atoms with Gasteiger partial charge in [-0.1, -0.05) is 6.07 Å². The van der Waals surface area contributed by atoms with Crippen LogP contribution in [0.15, 0.2) is 29.4 Å². The van der Waals surface area contributed by atoms with Crippen molar-refractivity contribution in [1.29, 1.82) is 0 Å². The first kappa shape index (κ1) is 16.9. The van der Waals surface area contributed by atoms with Crippen LogP contribution in [0, 0.1) is 13.8 Å². The predicted molar refractivity (Wildman–Crippen MR) is 97.3 cm³/mol. The molecule has 0 aliphatic carbocycles. The first-order valence-corrected chi connectivity index (χ1v) is 8.40.